The summed E-state index contributed by atoms with van der Waals surface area (Å²) in [6.45, 7) is 11.6. The van der Waals surface area contributed by atoms with Crippen molar-refractivity contribution in [3.8, 4) is 11.1 Å². The van der Waals surface area contributed by atoms with Gasteiger partial charge in [0.1, 0.15) is 6.61 Å². The molecule has 4 atom stereocenters. The van der Waals surface area contributed by atoms with Gasteiger partial charge in [-0.05, 0) is 47.0 Å². The summed E-state index contributed by atoms with van der Waals surface area (Å²) in [4.78, 5) is 14.0. The molecule has 41 heavy (non-hydrogen) atoms. The van der Waals surface area contributed by atoms with E-state index in [1.165, 1.54) is 6.08 Å². The van der Waals surface area contributed by atoms with Crippen molar-refractivity contribution >= 4 is 6.09 Å². The maximum absolute atomic E-state index is 11.8. The fourth-order valence-electron chi connectivity index (χ4n) is 5.02. The number of hydrogen-bond acceptors (Lipinski definition) is 6. The molecular weight excluding hydrogens is 516 g/mol. The van der Waals surface area contributed by atoms with Gasteiger partial charge in [-0.3, -0.25) is 0 Å². The molecule has 1 heterocycles. The predicted molar refractivity (Wildman–Crippen MR) is 161 cm³/mol. The Bertz CT molecular complexity index is 1310. The molecule has 4 rings (SSSR count). The second kappa shape index (κ2) is 14.8. The normalized spacial score (nSPS) is 20.4. The minimum absolute atomic E-state index is 0.00547. The zero-order valence-electron chi connectivity index (χ0n) is 23.9. The summed E-state index contributed by atoms with van der Waals surface area (Å²) in [5, 5.41) is 12.3. The highest BCUT2D eigenvalue weighted by atomic mass is 16.7. The number of carbonyl (C=O) groups excluding carboxylic acids is 1. The van der Waals surface area contributed by atoms with Crippen molar-refractivity contribution in [3.05, 3.63) is 120 Å². The highest BCUT2D eigenvalue weighted by molar-refractivity contribution is 5.68. The summed E-state index contributed by atoms with van der Waals surface area (Å²) in [5.74, 6) is 0.101. The van der Waals surface area contributed by atoms with Crippen LogP contribution in [0.1, 0.15) is 41.6 Å². The number of benzene rings is 3. The Labute approximate surface area is 243 Å². The number of likely N-dealkylation sites (N-methyl/N-ethyl adjacent to an activating group) is 1. The van der Waals surface area contributed by atoms with Crippen LogP contribution >= 0.6 is 0 Å². The molecular formula is C34H40N2O5. The van der Waals surface area contributed by atoms with E-state index in [1.807, 2.05) is 60.7 Å². The van der Waals surface area contributed by atoms with Crippen LogP contribution in [0.25, 0.3) is 11.1 Å². The largest absolute Gasteiger partial charge is 0.445 e. The van der Waals surface area contributed by atoms with Gasteiger partial charge in [-0.25, -0.2) is 4.79 Å². The first-order chi connectivity index (χ1) is 19.9. The number of amides is 1. The van der Waals surface area contributed by atoms with Crippen molar-refractivity contribution in [1.82, 2.24) is 10.2 Å². The SMILES string of the molecule is C=CCOC(=O)NCc1cccc(-c2cccc([C@H]3O[C@@H](CN(C)CC=C)[C@@H](C)[C@@H](c4ccc(CO)cc4)O3)c2)c1. The molecule has 0 spiro atoms. The van der Waals surface area contributed by atoms with Gasteiger partial charge in [0.15, 0.2) is 6.29 Å². The Morgan fingerprint density at radius 2 is 1.71 bits per heavy atom. The van der Waals surface area contributed by atoms with E-state index in [9.17, 15) is 9.90 Å². The molecule has 3 aromatic rings. The van der Waals surface area contributed by atoms with E-state index in [0.717, 1.165) is 46.5 Å². The van der Waals surface area contributed by atoms with Gasteiger partial charge in [0.25, 0.3) is 0 Å². The molecule has 1 amide bonds. The van der Waals surface area contributed by atoms with Crippen LogP contribution in [0.15, 0.2) is 98.1 Å². The van der Waals surface area contributed by atoms with Crippen molar-refractivity contribution < 1.29 is 24.1 Å². The van der Waals surface area contributed by atoms with E-state index in [0.29, 0.717) is 6.54 Å². The lowest BCUT2D eigenvalue weighted by molar-refractivity contribution is -0.275. The molecule has 0 aliphatic carbocycles. The molecule has 216 valence electrons. The number of nitrogens with zero attached hydrogens (tertiary/aromatic N) is 1. The molecule has 7 nitrogen and oxygen atoms in total. The third-order valence-electron chi connectivity index (χ3n) is 7.24. The van der Waals surface area contributed by atoms with Crippen LogP contribution in [0.5, 0.6) is 0 Å². The third-order valence-corrected chi connectivity index (χ3v) is 7.24. The standard InChI is InChI=1S/C34H40N2O5/c1-5-17-36(4)22-31-24(3)32(27-15-13-25(23-37)14-16-27)41-33(40-31)30-12-8-11-29(20-30)28-10-7-9-26(19-28)21-35-34(38)39-18-6-2/h5-16,19-20,24,31-33,37H,1-2,17-18,21-23H2,3-4H3,(H,35,38)/t24-,31+,32+,33+/m1/s1. The second-order valence-corrected chi connectivity index (χ2v) is 10.4. The summed E-state index contributed by atoms with van der Waals surface area (Å²) in [6.07, 6.45) is 2.14. The van der Waals surface area contributed by atoms with E-state index < -0.39 is 12.4 Å². The quantitative estimate of drug-likeness (QED) is 0.260. The Hall–Kier alpha value is -3.75. The summed E-state index contributed by atoms with van der Waals surface area (Å²) in [7, 11) is 2.06. The summed E-state index contributed by atoms with van der Waals surface area (Å²) in [5.41, 5.74) is 5.86. The second-order valence-electron chi connectivity index (χ2n) is 10.4. The first-order valence-corrected chi connectivity index (χ1v) is 13.9. The fraction of sp³-hybridized carbons (Fsp3) is 0.324. The first kappa shape index (κ1) is 30.2. The predicted octanol–water partition coefficient (Wildman–Crippen LogP) is 6.17. The molecule has 3 aromatic carbocycles. The summed E-state index contributed by atoms with van der Waals surface area (Å²) < 4.78 is 18.2. The number of carbonyl (C=O) groups is 1. The van der Waals surface area contributed by atoms with Crippen LogP contribution in [-0.4, -0.2) is 48.9 Å². The molecule has 1 aliphatic heterocycles. The smallest absolute Gasteiger partial charge is 0.407 e. The van der Waals surface area contributed by atoms with Crippen LogP contribution < -0.4 is 5.32 Å². The van der Waals surface area contributed by atoms with Crippen molar-refractivity contribution in [3.63, 3.8) is 0 Å². The highest BCUT2D eigenvalue weighted by Crippen LogP contribution is 2.42. The van der Waals surface area contributed by atoms with Crippen LogP contribution in [0.3, 0.4) is 0 Å². The monoisotopic (exact) mass is 556 g/mol. The maximum atomic E-state index is 11.8. The molecule has 7 heteroatoms. The lowest BCUT2D eigenvalue weighted by Crippen LogP contribution is -2.43. The zero-order chi connectivity index (χ0) is 29.2. The van der Waals surface area contributed by atoms with E-state index in [-0.39, 0.29) is 31.3 Å². The molecule has 0 saturated carbocycles. The van der Waals surface area contributed by atoms with E-state index >= 15 is 0 Å². The Balaban J connectivity index is 1.57. The van der Waals surface area contributed by atoms with E-state index in [4.69, 9.17) is 14.2 Å². The Morgan fingerprint density at radius 1 is 0.976 bits per heavy atom. The number of nitrogens with one attached hydrogen (secondary N) is 1. The van der Waals surface area contributed by atoms with Crippen LogP contribution in [0, 0.1) is 5.92 Å². The molecule has 1 saturated heterocycles. The van der Waals surface area contributed by atoms with Gasteiger partial charge in [0.05, 0.1) is 18.8 Å². The average Bonchev–Trinajstić information content (AvgIpc) is 3.00. The molecule has 1 aliphatic rings. The number of alkyl carbamates (subject to hydrolysis) is 1. The molecule has 0 aromatic heterocycles. The van der Waals surface area contributed by atoms with Gasteiger partial charge in [0.2, 0.25) is 0 Å². The Morgan fingerprint density at radius 3 is 2.41 bits per heavy atom. The van der Waals surface area contributed by atoms with Crippen molar-refractivity contribution in [1.29, 1.82) is 0 Å². The van der Waals surface area contributed by atoms with Gasteiger partial charge < -0.3 is 29.5 Å². The number of ether oxygens (including phenoxy) is 3. The molecule has 0 unspecified atom stereocenters. The zero-order valence-corrected chi connectivity index (χ0v) is 23.9. The minimum Gasteiger partial charge on any atom is -0.445 e. The van der Waals surface area contributed by atoms with Gasteiger partial charge in [-0.1, -0.05) is 86.3 Å². The van der Waals surface area contributed by atoms with Gasteiger partial charge in [-0.15, -0.1) is 6.58 Å². The molecule has 0 radical (unpaired) electrons. The summed E-state index contributed by atoms with van der Waals surface area (Å²) in [6, 6.07) is 24.2. The minimum atomic E-state index is -0.555. The number of hydrogen-bond donors (Lipinski definition) is 2. The maximum Gasteiger partial charge on any atom is 0.407 e. The third kappa shape index (κ3) is 8.15. The van der Waals surface area contributed by atoms with E-state index in [1.54, 1.807) is 0 Å². The van der Waals surface area contributed by atoms with Crippen molar-refractivity contribution in [2.45, 2.75) is 38.6 Å². The average molecular weight is 557 g/mol. The van der Waals surface area contributed by atoms with Crippen LogP contribution in [0.4, 0.5) is 4.79 Å². The molecule has 0 bridgehead atoms. The van der Waals surface area contributed by atoms with Gasteiger partial charge in [-0.2, -0.15) is 0 Å². The van der Waals surface area contributed by atoms with E-state index in [2.05, 4.69) is 55.5 Å². The number of aliphatic hydroxyl groups excluding tert-OH is 1. The highest BCUT2D eigenvalue weighted by Gasteiger charge is 2.38. The van der Waals surface area contributed by atoms with Gasteiger partial charge >= 0.3 is 6.09 Å². The first-order valence-electron chi connectivity index (χ1n) is 13.9. The number of aliphatic hydroxyl groups is 1. The lowest BCUT2D eigenvalue weighted by Gasteiger charge is -2.42. The van der Waals surface area contributed by atoms with Crippen molar-refractivity contribution in [2.24, 2.45) is 5.92 Å². The molecule has 1 fully saturated rings. The summed E-state index contributed by atoms with van der Waals surface area (Å²) >= 11 is 0. The molecule has 2 N–H and O–H groups in total. The fourth-order valence-corrected chi connectivity index (χ4v) is 5.02. The van der Waals surface area contributed by atoms with Crippen molar-refractivity contribution in [2.75, 3.05) is 26.7 Å². The topological polar surface area (TPSA) is 80.3 Å². The van der Waals surface area contributed by atoms with Crippen LogP contribution in [0.2, 0.25) is 0 Å². The van der Waals surface area contributed by atoms with Crippen LogP contribution in [-0.2, 0) is 27.4 Å². The van der Waals surface area contributed by atoms with Gasteiger partial charge in [0, 0.05) is 31.1 Å². The number of rotatable bonds is 12. The Kier molecular flexibility index (Phi) is 10.9. The lowest BCUT2D eigenvalue weighted by atomic mass is 9.90.